The van der Waals surface area contributed by atoms with E-state index >= 15 is 0 Å². The number of rotatable bonds is 6. The number of alkyl halides is 3. The van der Waals surface area contributed by atoms with Gasteiger partial charge in [0, 0.05) is 32.7 Å². The molecule has 0 spiro atoms. The third-order valence-corrected chi connectivity index (χ3v) is 4.24. The zero-order valence-corrected chi connectivity index (χ0v) is 15.5. The highest BCUT2D eigenvalue weighted by Crippen LogP contribution is 2.20. The van der Waals surface area contributed by atoms with E-state index in [0.717, 1.165) is 16.9 Å². The molecule has 1 unspecified atom stereocenters. The molecule has 1 aliphatic rings. The Bertz CT molecular complexity index is 619. The van der Waals surface area contributed by atoms with Crippen LogP contribution in [0.4, 0.5) is 13.2 Å². The van der Waals surface area contributed by atoms with E-state index in [4.69, 9.17) is 4.74 Å². The Morgan fingerprint density at radius 2 is 2.15 bits per heavy atom. The summed E-state index contributed by atoms with van der Waals surface area (Å²) in [7, 11) is 1.65. The number of nitrogens with one attached hydrogen (secondary N) is 2. The second-order valence-corrected chi connectivity index (χ2v) is 6.44. The molecular formula is C18H27F3N4O. The summed E-state index contributed by atoms with van der Waals surface area (Å²) >= 11 is 0. The van der Waals surface area contributed by atoms with Crippen molar-refractivity contribution in [2.45, 2.75) is 39.0 Å². The molecule has 0 bridgehead atoms. The van der Waals surface area contributed by atoms with E-state index in [1.165, 1.54) is 4.90 Å². The van der Waals surface area contributed by atoms with Gasteiger partial charge in [-0.25, -0.2) is 0 Å². The molecule has 5 nitrogen and oxygen atoms in total. The number of hydrogen-bond donors (Lipinski definition) is 2. The summed E-state index contributed by atoms with van der Waals surface area (Å²) in [6.45, 7) is 5.09. The molecule has 1 aromatic rings. The molecular weight excluding hydrogens is 345 g/mol. The number of benzene rings is 1. The van der Waals surface area contributed by atoms with Crippen LogP contribution in [0, 0.1) is 6.92 Å². The van der Waals surface area contributed by atoms with Crippen LogP contribution in [0.15, 0.2) is 23.2 Å². The number of nitrogens with zero attached hydrogens (tertiary/aromatic N) is 2. The van der Waals surface area contributed by atoms with Gasteiger partial charge >= 0.3 is 6.18 Å². The van der Waals surface area contributed by atoms with Crippen molar-refractivity contribution in [3.63, 3.8) is 0 Å². The van der Waals surface area contributed by atoms with E-state index < -0.39 is 12.7 Å². The van der Waals surface area contributed by atoms with Crippen molar-refractivity contribution in [1.29, 1.82) is 0 Å². The summed E-state index contributed by atoms with van der Waals surface area (Å²) in [6.07, 6.45) is -3.49. The molecule has 146 valence electrons. The summed E-state index contributed by atoms with van der Waals surface area (Å²) in [4.78, 5) is 5.58. The molecule has 2 rings (SSSR count). The molecule has 1 saturated heterocycles. The van der Waals surface area contributed by atoms with Crippen LogP contribution in [0.25, 0.3) is 0 Å². The minimum absolute atomic E-state index is 0.0365. The molecule has 1 fully saturated rings. The molecule has 8 heteroatoms. The molecule has 2 N–H and O–H groups in total. The number of halogens is 3. The van der Waals surface area contributed by atoms with Gasteiger partial charge in [0.1, 0.15) is 5.75 Å². The quantitative estimate of drug-likeness (QED) is 0.596. The van der Waals surface area contributed by atoms with Crippen LogP contribution in [-0.2, 0) is 6.54 Å². The molecule has 0 aliphatic carbocycles. The van der Waals surface area contributed by atoms with Crippen LogP contribution in [0.2, 0.25) is 0 Å². The first kappa shape index (κ1) is 20.4. The normalized spacial score (nSPS) is 18.8. The zero-order chi connectivity index (χ0) is 19.2. The van der Waals surface area contributed by atoms with Crippen molar-refractivity contribution in [3.8, 4) is 5.75 Å². The van der Waals surface area contributed by atoms with E-state index in [1.54, 1.807) is 7.05 Å². The third-order valence-electron chi connectivity index (χ3n) is 4.24. The average molecular weight is 372 g/mol. The Morgan fingerprint density at radius 1 is 1.38 bits per heavy atom. The Kier molecular flexibility index (Phi) is 7.14. The van der Waals surface area contributed by atoms with Gasteiger partial charge in [0.15, 0.2) is 5.96 Å². The third kappa shape index (κ3) is 6.40. The molecule has 0 radical (unpaired) electrons. The molecule has 26 heavy (non-hydrogen) atoms. The van der Waals surface area contributed by atoms with E-state index in [-0.39, 0.29) is 6.04 Å². The molecule has 0 amide bonds. The first-order chi connectivity index (χ1) is 12.3. The van der Waals surface area contributed by atoms with Gasteiger partial charge in [-0.3, -0.25) is 9.89 Å². The SMILES string of the molecule is CCOc1ccc(CNC(=NC)NC2CCN(CC(F)(F)F)C2)cc1C. The van der Waals surface area contributed by atoms with Gasteiger partial charge < -0.3 is 15.4 Å². The van der Waals surface area contributed by atoms with Crippen LogP contribution >= 0.6 is 0 Å². The standard InChI is InChI=1S/C18H27F3N4O/c1-4-26-16-6-5-14(9-13(16)2)10-23-17(22-3)24-15-7-8-25(11-15)12-18(19,20)21/h5-6,9,15H,4,7-8,10-12H2,1-3H3,(H2,22,23,24). The maximum Gasteiger partial charge on any atom is 0.401 e. The molecule has 1 aromatic carbocycles. The highest BCUT2D eigenvalue weighted by Gasteiger charge is 2.34. The van der Waals surface area contributed by atoms with E-state index in [2.05, 4.69) is 15.6 Å². The summed E-state index contributed by atoms with van der Waals surface area (Å²) in [5.74, 6) is 1.46. The van der Waals surface area contributed by atoms with Crippen LogP contribution in [0.1, 0.15) is 24.5 Å². The smallest absolute Gasteiger partial charge is 0.401 e. The summed E-state index contributed by atoms with van der Waals surface area (Å²) in [5, 5.41) is 6.41. The zero-order valence-electron chi connectivity index (χ0n) is 15.5. The van der Waals surface area contributed by atoms with Gasteiger partial charge in [0.2, 0.25) is 0 Å². The minimum atomic E-state index is -4.15. The minimum Gasteiger partial charge on any atom is -0.494 e. The molecule has 1 heterocycles. The lowest BCUT2D eigenvalue weighted by molar-refractivity contribution is -0.143. The van der Waals surface area contributed by atoms with Crippen LogP contribution < -0.4 is 15.4 Å². The summed E-state index contributed by atoms with van der Waals surface area (Å²) in [6, 6.07) is 5.94. The highest BCUT2D eigenvalue weighted by molar-refractivity contribution is 5.80. The van der Waals surface area contributed by atoms with Crippen molar-refractivity contribution in [3.05, 3.63) is 29.3 Å². The molecule has 0 aromatic heterocycles. The van der Waals surface area contributed by atoms with Gasteiger partial charge in [0.25, 0.3) is 0 Å². The Labute approximate surface area is 152 Å². The first-order valence-corrected chi connectivity index (χ1v) is 8.79. The second-order valence-electron chi connectivity index (χ2n) is 6.44. The lowest BCUT2D eigenvalue weighted by Gasteiger charge is -2.20. The van der Waals surface area contributed by atoms with Gasteiger partial charge in [-0.2, -0.15) is 13.2 Å². The fourth-order valence-corrected chi connectivity index (χ4v) is 3.06. The Morgan fingerprint density at radius 3 is 2.77 bits per heavy atom. The number of hydrogen-bond acceptors (Lipinski definition) is 3. The molecule has 1 atom stereocenters. The predicted octanol–water partition coefficient (Wildman–Crippen LogP) is 2.70. The lowest BCUT2D eigenvalue weighted by atomic mass is 10.1. The fraction of sp³-hybridized carbons (Fsp3) is 0.611. The van der Waals surface area contributed by atoms with Crippen molar-refractivity contribution in [1.82, 2.24) is 15.5 Å². The van der Waals surface area contributed by atoms with Crippen LogP contribution in [0.3, 0.4) is 0 Å². The Balaban J connectivity index is 1.82. The number of guanidine groups is 1. The summed E-state index contributed by atoms with van der Waals surface area (Å²) < 4.78 is 43.0. The topological polar surface area (TPSA) is 48.9 Å². The van der Waals surface area contributed by atoms with Gasteiger partial charge in [-0.15, -0.1) is 0 Å². The fourth-order valence-electron chi connectivity index (χ4n) is 3.06. The average Bonchev–Trinajstić information content (AvgIpc) is 2.98. The summed E-state index contributed by atoms with van der Waals surface area (Å²) in [5.41, 5.74) is 2.15. The second kappa shape index (κ2) is 9.12. The van der Waals surface area contributed by atoms with E-state index in [0.29, 0.717) is 38.6 Å². The maximum atomic E-state index is 12.5. The molecule has 0 saturated carbocycles. The largest absolute Gasteiger partial charge is 0.494 e. The highest BCUT2D eigenvalue weighted by atomic mass is 19.4. The Hall–Kier alpha value is -1.96. The predicted molar refractivity (Wildman–Crippen MR) is 96.6 cm³/mol. The van der Waals surface area contributed by atoms with E-state index in [9.17, 15) is 13.2 Å². The van der Waals surface area contributed by atoms with Crippen LogP contribution in [-0.4, -0.2) is 56.4 Å². The lowest BCUT2D eigenvalue weighted by Crippen LogP contribution is -2.44. The number of likely N-dealkylation sites (tertiary alicyclic amines) is 1. The van der Waals surface area contributed by atoms with Crippen molar-refractivity contribution in [2.24, 2.45) is 4.99 Å². The van der Waals surface area contributed by atoms with Gasteiger partial charge in [0.05, 0.1) is 13.2 Å². The van der Waals surface area contributed by atoms with Gasteiger partial charge in [-0.1, -0.05) is 12.1 Å². The number of ether oxygens (including phenoxy) is 1. The number of aryl methyl sites for hydroxylation is 1. The monoisotopic (exact) mass is 372 g/mol. The van der Waals surface area contributed by atoms with Crippen molar-refractivity contribution >= 4 is 5.96 Å². The molecule has 1 aliphatic heterocycles. The van der Waals surface area contributed by atoms with E-state index in [1.807, 2.05) is 32.0 Å². The number of aliphatic imine (C=N–C) groups is 1. The van der Waals surface area contributed by atoms with Gasteiger partial charge in [-0.05, 0) is 37.5 Å². The van der Waals surface area contributed by atoms with Crippen molar-refractivity contribution < 1.29 is 17.9 Å². The maximum absolute atomic E-state index is 12.5. The van der Waals surface area contributed by atoms with Crippen LogP contribution in [0.5, 0.6) is 5.75 Å². The first-order valence-electron chi connectivity index (χ1n) is 8.79. The van der Waals surface area contributed by atoms with Crippen molar-refractivity contribution in [2.75, 3.05) is 33.3 Å².